The predicted molar refractivity (Wildman–Crippen MR) is 81.6 cm³/mol. The summed E-state index contributed by atoms with van der Waals surface area (Å²) in [6.45, 7) is 8.65. The largest absolute Gasteiger partial charge is 0.309 e. The second-order valence-corrected chi connectivity index (χ2v) is 6.40. The summed E-state index contributed by atoms with van der Waals surface area (Å²) in [5, 5.41) is 9.36. The van der Waals surface area contributed by atoms with Crippen molar-refractivity contribution in [3.8, 4) is 0 Å². The first-order valence-electron chi connectivity index (χ1n) is 6.47. The fourth-order valence-corrected chi connectivity index (χ4v) is 2.58. The van der Waals surface area contributed by atoms with Gasteiger partial charge in [-0.1, -0.05) is 45.8 Å². The smallest absolute Gasteiger partial charge is 0.144 e. The second-order valence-electron chi connectivity index (χ2n) is 5.83. The van der Waals surface area contributed by atoms with Crippen LogP contribution in [0.2, 0.25) is 0 Å². The maximum absolute atomic E-state index is 4.35. The van der Waals surface area contributed by atoms with Crippen LogP contribution in [0, 0.1) is 6.92 Å². The maximum atomic E-state index is 4.35. The van der Waals surface area contributed by atoms with E-state index in [1.807, 2.05) is 0 Å². The number of aromatic nitrogens is 3. The van der Waals surface area contributed by atoms with Crippen molar-refractivity contribution in [3.63, 3.8) is 0 Å². The standard InChI is InChI=1S/C15H20BrN3/c1-11-5-7-12(8-6-11)9-13-17-18-14(10-16)19(13)15(2,3)4/h5-8H,9-10H2,1-4H3. The third-order valence-corrected chi connectivity index (χ3v) is 3.57. The molecule has 0 unspecified atom stereocenters. The first-order valence-corrected chi connectivity index (χ1v) is 7.59. The molecule has 19 heavy (non-hydrogen) atoms. The molecular weight excluding hydrogens is 302 g/mol. The van der Waals surface area contributed by atoms with Gasteiger partial charge in [0.2, 0.25) is 0 Å². The van der Waals surface area contributed by atoms with Crippen molar-refractivity contribution in [2.75, 3.05) is 0 Å². The van der Waals surface area contributed by atoms with E-state index in [2.05, 4.69) is 82.7 Å². The molecule has 0 radical (unpaired) electrons. The highest BCUT2D eigenvalue weighted by atomic mass is 79.9. The molecule has 1 heterocycles. The topological polar surface area (TPSA) is 30.7 Å². The number of hydrogen-bond donors (Lipinski definition) is 0. The lowest BCUT2D eigenvalue weighted by Crippen LogP contribution is -2.26. The van der Waals surface area contributed by atoms with Gasteiger partial charge >= 0.3 is 0 Å². The lowest BCUT2D eigenvalue weighted by Gasteiger charge is -2.24. The lowest BCUT2D eigenvalue weighted by atomic mass is 10.1. The predicted octanol–water partition coefficient (Wildman–Crippen LogP) is 3.83. The Labute approximate surface area is 123 Å². The Kier molecular flexibility index (Phi) is 4.09. The summed E-state index contributed by atoms with van der Waals surface area (Å²) in [6, 6.07) is 8.59. The van der Waals surface area contributed by atoms with Crippen molar-refractivity contribution in [2.45, 2.75) is 45.0 Å². The van der Waals surface area contributed by atoms with Crippen molar-refractivity contribution in [1.82, 2.24) is 14.8 Å². The first-order chi connectivity index (χ1) is 8.91. The van der Waals surface area contributed by atoms with E-state index < -0.39 is 0 Å². The second kappa shape index (κ2) is 5.45. The van der Waals surface area contributed by atoms with Crippen LogP contribution in [0.4, 0.5) is 0 Å². The van der Waals surface area contributed by atoms with E-state index in [1.54, 1.807) is 0 Å². The van der Waals surface area contributed by atoms with E-state index in [0.717, 1.165) is 23.4 Å². The van der Waals surface area contributed by atoms with Gasteiger partial charge in [0.1, 0.15) is 11.6 Å². The minimum atomic E-state index is -0.00731. The van der Waals surface area contributed by atoms with E-state index in [4.69, 9.17) is 0 Å². The Hall–Kier alpha value is -1.16. The van der Waals surface area contributed by atoms with E-state index in [-0.39, 0.29) is 5.54 Å². The van der Waals surface area contributed by atoms with Crippen LogP contribution in [-0.4, -0.2) is 14.8 Å². The molecule has 102 valence electrons. The van der Waals surface area contributed by atoms with Crippen LogP contribution >= 0.6 is 15.9 Å². The zero-order valence-corrected chi connectivity index (χ0v) is 13.5. The van der Waals surface area contributed by atoms with Crippen LogP contribution in [0.1, 0.15) is 43.5 Å². The van der Waals surface area contributed by atoms with Crippen LogP contribution in [0.3, 0.4) is 0 Å². The fraction of sp³-hybridized carbons (Fsp3) is 0.467. The van der Waals surface area contributed by atoms with Gasteiger partial charge in [-0.15, -0.1) is 10.2 Å². The van der Waals surface area contributed by atoms with E-state index in [0.29, 0.717) is 0 Å². The normalized spacial score (nSPS) is 11.8. The van der Waals surface area contributed by atoms with Gasteiger partial charge in [0.25, 0.3) is 0 Å². The molecule has 0 aliphatic rings. The molecule has 1 aromatic carbocycles. The maximum Gasteiger partial charge on any atom is 0.144 e. The number of nitrogens with zero attached hydrogens (tertiary/aromatic N) is 3. The minimum Gasteiger partial charge on any atom is -0.309 e. The molecule has 0 bridgehead atoms. The third-order valence-electron chi connectivity index (χ3n) is 3.07. The van der Waals surface area contributed by atoms with Gasteiger partial charge in [0.15, 0.2) is 0 Å². The molecule has 0 amide bonds. The van der Waals surface area contributed by atoms with Gasteiger partial charge in [-0.2, -0.15) is 0 Å². The van der Waals surface area contributed by atoms with Crippen LogP contribution < -0.4 is 0 Å². The molecule has 0 spiro atoms. The molecule has 0 saturated heterocycles. The van der Waals surface area contributed by atoms with Crippen molar-refractivity contribution >= 4 is 15.9 Å². The molecular formula is C15H20BrN3. The number of alkyl halides is 1. The summed E-state index contributed by atoms with van der Waals surface area (Å²) in [5.74, 6) is 2.00. The van der Waals surface area contributed by atoms with Gasteiger partial charge in [-0.25, -0.2) is 0 Å². The molecule has 2 aromatic rings. The van der Waals surface area contributed by atoms with Crippen LogP contribution in [0.25, 0.3) is 0 Å². The van der Waals surface area contributed by atoms with E-state index >= 15 is 0 Å². The number of hydrogen-bond acceptors (Lipinski definition) is 2. The van der Waals surface area contributed by atoms with Crippen LogP contribution in [0.5, 0.6) is 0 Å². The zero-order chi connectivity index (χ0) is 14.0. The molecule has 3 nitrogen and oxygen atoms in total. The van der Waals surface area contributed by atoms with Gasteiger partial charge in [0.05, 0.1) is 5.33 Å². The van der Waals surface area contributed by atoms with E-state index in [9.17, 15) is 0 Å². The molecule has 0 atom stereocenters. The Morgan fingerprint density at radius 1 is 1.05 bits per heavy atom. The Bertz CT molecular complexity index is 550. The van der Waals surface area contributed by atoms with Gasteiger partial charge in [0, 0.05) is 12.0 Å². The molecule has 0 fully saturated rings. The Balaban J connectivity index is 2.35. The van der Waals surface area contributed by atoms with Crippen molar-refractivity contribution in [3.05, 3.63) is 47.0 Å². The summed E-state index contributed by atoms with van der Waals surface area (Å²) in [7, 11) is 0. The third kappa shape index (κ3) is 3.24. The van der Waals surface area contributed by atoms with Crippen LogP contribution in [-0.2, 0) is 17.3 Å². The van der Waals surface area contributed by atoms with Gasteiger partial charge in [-0.05, 0) is 33.3 Å². The first kappa shape index (κ1) is 14.3. The van der Waals surface area contributed by atoms with Gasteiger partial charge in [-0.3, -0.25) is 0 Å². The summed E-state index contributed by atoms with van der Waals surface area (Å²) in [5.41, 5.74) is 2.54. The molecule has 1 aromatic heterocycles. The van der Waals surface area contributed by atoms with Crippen molar-refractivity contribution in [2.24, 2.45) is 0 Å². The monoisotopic (exact) mass is 321 g/mol. The summed E-state index contributed by atoms with van der Waals surface area (Å²) in [6.07, 6.45) is 0.817. The van der Waals surface area contributed by atoms with Gasteiger partial charge < -0.3 is 4.57 Å². The van der Waals surface area contributed by atoms with Crippen molar-refractivity contribution in [1.29, 1.82) is 0 Å². The van der Waals surface area contributed by atoms with Crippen LogP contribution in [0.15, 0.2) is 24.3 Å². The lowest BCUT2D eigenvalue weighted by molar-refractivity contribution is 0.375. The van der Waals surface area contributed by atoms with E-state index in [1.165, 1.54) is 11.1 Å². The average molecular weight is 322 g/mol. The summed E-state index contributed by atoms with van der Waals surface area (Å²) < 4.78 is 2.22. The SMILES string of the molecule is Cc1ccc(Cc2nnc(CBr)n2C(C)(C)C)cc1. The van der Waals surface area contributed by atoms with Crippen molar-refractivity contribution < 1.29 is 0 Å². The molecule has 0 N–H and O–H groups in total. The Morgan fingerprint density at radius 3 is 2.16 bits per heavy atom. The molecule has 4 heteroatoms. The number of aryl methyl sites for hydroxylation is 1. The highest BCUT2D eigenvalue weighted by Gasteiger charge is 2.22. The molecule has 2 rings (SSSR count). The highest BCUT2D eigenvalue weighted by Crippen LogP contribution is 2.22. The zero-order valence-electron chi connectivity index (χ0n) is 11.9. The number of halogens is 1. The summed E-state index contributed by atoms with van der Waals surface area (Å²) >= 11 is 3.49. The highest BCUT2D eigenvalue weighted by molar-refractivity contribution is 9.08. The Morgan fingerprint density at radius 2 is 1.63 bits per heavy atom. The summed E-state index contributed by atoms with van der Waals surface area (Å²) in [4.78, 5) is 0. The number of benzene rings is 1. The minimum absolute atomic E-state index is 0.00731. The average Bonchev–Trinajstić information content (AvgIpc) is 2.75. The molecule has 0 aliphatic heterocycles. The quantitative estimate of drug-likeness (QED) is 0.804. The molecule has 0 saturated carbocycles. The fourth-order valence-electron chi connectivity index (χ4n) is 2.22. The molecule has 0 aliphatic carbocycles. The number of rotatable bonds is 3.